The van der Waals surface area contributed by atoms with E-state index in [4.69, 9.17) is 0 Å². The molecule has 150 valence electrons. The molecule has 1 fully saturated rings. The Bertz CT molecular complexity index is 1010. The van der Waals surface area contributed by atoms with Gasteiger partial charge in [0.25, 0.3) is 5.91 Å². The molecule has 1 saturated carbocycles. The first kappa shape index (κ1) is 19.8. The van der Waals surface area contributed by atoms with E-state index in [1.807, 2.05) is 28.1 Å². The normalized spacial score (nSPS) is 15.6. The smallest absolute Gasteiger partial charge is 0.279 e. The monoisotopic (exact) mass is 406 g/mol. The van der Waals surface area contributed by atoms with Crippen LogP contribution in [0.3, 0.4) is 0 Å². The number of aromatic nitrogens is 1. The largest absolute Gasteiger partial charge is 0.395 e. The fourth-order valence-corrected chi connectivity index (χ4v) is 4.99. The van der Waals surface area contributed by atoms with Crippen molar-refractivity contribution in [2.45, 2.75) is 44.6 Å². The van der Waals surface area contributed by atoms with Crippen molar-refractivity contribution in [3.05, 3.63) is 75.9 Å². The van der Waals surface area contributed by atoms with E-state index in [9.17, 15) is 9.90 Å². The molecule has 1 heterocycles. The molecule has 2 aromatic carbocycles. The van der Waals surface area contributed by atoms with Crippen LogP contribution in [0.5, 0.6) is 0 Å². The Balaban J connectivity index is 1.64. The highest BCUT2D eigenvalue weighted by atomic mass is 32.1. The van der Waals surface area contributed by atoms with E-state index in [2.05, 4.69) is 29.3 Å². The number of hydrogen-bond donors (Lipinski definition) is 1. The van der Waals surface area contributed by atoms with E-state index in [0.717, 1.165) is 11.3 Å². The Morgan fingerprint density at radius 2 is 1.76 bits per heavy atom. The second kappa shape index (κ2) is 9.33. The van der Waals surface area contributed by atoms with Crippen molar-refractivity contribution in [1.29, 1.82) is 0 Å². The van der Waals surface area contributed by atoms with Gasteiger partial charge >= 0.3 is 0 Å². The van der Waals surface area contributed by atoms with Crippen molar-refractivity contribution in [1.82, 2.24) is 4.57 Å². The summed E-state index contributed by atoms with van der Waals surface area (Å²) in [6, 6.07) is 17.8. The van der Waals surface area contributed by atoms with Gasteiger partial charge in [-0.1, -0.05) is 61.7 Å². The molecule has 0 unspecified atom stereocenters. The number of hydrogen-bond acceptors (Lipinski definition) is 3. The molecule has 4 rings (SSSR count). The van der Waals surface area contributed by atoms with Gasteiger partial charge in [-0.2, -0.15) is 4.99 Å². The third-order valence-corrected chi connectivity index (χ3v) is 6.49. The van der Waals surface area contributed by atoms with Crippen LogP contribution in [0.25, 0.3) is 11.3 Å². The van der Waals surface area contributed by atoms with Crippen molar-refractivity contribution >= 4 is 17.2 Å². The van der Waals surface area contributed by atoms with Crippen molar-refractivity contribution in [3.63, 3.8) is 0 Å². The summed E-state index contributed by atoms with van der Waals surface area (Å²) in [5.74, 6) is 0.414. The van der Waals surface area contributed by atoms with Crippen LogP contribution in [0.2, 0.25) is 0 Å². The minimum absolute atomic E-state index is 0.00337. The zero-order valence-corrected chi connectivity index (χ0v) is 17.3. The molecule has 0 saturated heterocycles. The van der Waals surface area contributed by atoms with Gasteiger partial charge in [-0.3, -0.25) is 4.79 Å². The van der Waals surface area contributed by atoms with Gasteiger partial charge in [-0.05, 0) is 42.0 Å². The molecule has 0 spiro atoms. The fraction of sp³-hybridized carbons (Fsp3) is 0.333. The minimum Gasteiger partial charge on any atom is -0.395 e. The predicted molar refractivity (Wildman–Crippen MR) is 117 cm³/mol. The summed E-state index contributed by atoms with van der Waals surface area (Å²) in [6.45, 7) is 0.403. The van der Waals surface area contributed by atoms with Crippen LogP contribution < -0.4 is 4.80 Å². The highest BCUT2D eigenvalue weighted by molar-refractivity contribution is 7.07. The zero-order chi connectivity index (χ0) is 20.1. The van der Waals surface area contributed by atoms with Gasteiger partial charge in [0.15, 0.2) is 4.80 Å². The summed E-state index contributed by atoms with van der Waals surface area (Å²) >= 11 is 1.43. The van der Waals surface area contributed by atoms with Gasteiger partial charge in [0.1, 0.15) is 0 Å². The number of aliphatic hydroxyl groups excluding tert-OH is 1. The second-order valence-corrected chi connectivity index (χ2v) is 8.36. The molecule has 0 radical (unpaired) electrons. The van der Waals surface area contributed by atoms with Crippen LogP contribution in [0, 0.1) is 0 Å². The maximum Gasteiger partial charge on any atom is 0.279 e. The van der Waals surface area contributed by atoms with Crippen molar-refractivity contribution in [2.24, 2.45) is 4.99 Å². The van der Waals surface area contributed by atoms with E-state index in [-0.39, 0.29) is 12.5 Å². The number of thiazole rings is 1. The van der Waals surface area contributed by atoms with Gasteiger partial charge in [0, 0.05) is 17.5 Å². The van der Waals surface area contributed by atoms with E-state index in [1.54, 1.807) is 12.1 Å². The molecule has 0 atom stereocenters. The Labute approximate surface area is 175 Å². The summed E-state index contributed by atoms with van der Waals surface area (Å²) in [4.78, 5) is 17.4. The van der Waals surface area contributed by atoms with Crippen LogP contribution in [0.4, 0.5) is 0 Å². The lowest BCUT2D eigenvalue weighted by molar-refractivity contribution is 0.0997. The van der Waals surface area contributed by atoms with E-state index >= 15 is 0 Å². The molecule has 1 N–H and O–H groups in total. The third kappa shape index (κ3) is 4.57. The molecule has 1 aromatic heterocycles. The number of nitrogens with zero attached hydrogens (tertiary/aromatic N) is 2. The SMILES string of the molecule is O=C(N=c1scc(-c2ccc(C3CCCCC3)cc2)n1CCO)c1ccccc1. The number of aliphatic hydroxyl groups is 1. The van der Waals surface area contributed by atoms with E-state index in [1.165, 1.54) is 49.0 Å². The number of amides is 1. The van der Waals surface area contributed by atoms with Crippen molar-refractivity contribution < 1.29 is 9.90 Å². The Morgan fingerprint density at radius 3 is 2.45 bits per heavy atom. The number of benzene rings is 2. The van der Waals surface area contributed by atoms with Crippen LogP contribution in [0.15, 0.2) is 65.0 Å². The van der Waals surface area contributed by atoms with Gasteiger partial charge in [-0.25, -0.2) is 0 Å². The highest BCUT2D eigenvalue weighted by Crippen LogP contribution is 2.33. The fourth-order valence-electron chi connectivity index (χ4n) is 4.06. The second-order valence-electron chi connectivity index (χ2n) is 7.52. The minimum atomic E-state index is -0.265. The van der Waals surface area contributed by atoms with Crippen molar-refractivity contribution in [3.8, 4) is 11.3 Å². The van der Waals surface area contributed by atoms with Crippen LogP contribution in [-0.4, -0.2) is 22.2 Å². The van der Waals surface area contributed by atoms with E-state index < -0.39 is 0 Å². The summed E-state index contributed by atoms with van der Waals surface area (Å²) in [7, 11) is 0. The standard InChI is InChI=1S/C24H26N2O2S/c27-16-15-26-22(17-29-24(26)25-23(28)21-9-5-2-6-10-21)20-13-11-19(12-14-20)18-7-3-1-4-8-18/h2,5-6,9-14,17-18,27H,1,3-4,7-8,15-16H2. The topological polar surface area (TPSA) is 54.6 Å². The Morgan fingerprint density at radius 1 is 1.03 bits per heavy atom. The molecule has 5 heteroatoms. The average Bonchev–Trinajstić information content (AvgIpc) is 3.17. The van der Waals surface area contributed by atoms with Crippen LogP contribution in [-0.2, 0) is 6.54 Å². The van der Waals surface area contributed by atoms with Crippen LogP contribution in [0.1, 0.15) is 53.9 Å². The Kier molecular flexibility index (Phi) is 6.37. The molecule has 1 aliphatic carbocycles. The van der Waals surface area contributed by atoms with Crippen molar-refractivity contribution in [2.75, 3.05) is 6.61 Å². The van der Waals surface area contributed by atoms with Gasteiger partial charge in [-0.15, -0.1) is 11.3 Å². The lowest BCUT2D eigenvalue weighted by Crippen LogP contribution is -2.20. The zero-order valence-electron chi connectivity index (χ0n) is 16.5. The molecule has 1 aliphatic rings. The highest BCUT2D eigenvalue weighted by Gasteiger charge is 2.16. The predicted octanol–water partition coefficient (Wildman–Crippen LogP) is 5.00. The quantitative estimate of drug-likeness (QED) is 0.648. The summed E-state index contributed by atoms with van der Waals surface area (Å²) < 4.78 is 1.93. The van der Waals surface area contributed by atoms with Crippen LogP contribution >= 0.6 is 11.3 Å². The third-order valence-electron chi connectivity index (χ3n) is 5.62. The first-order valence-electron chi connectivity index (χ1n) is 10.3. The molecule has 1 amide bonds. The number of carbonyl (C=O) groups is 1. The first-order valence-corrected chi connectivity index (χ1v) is 11.2. The molecule has 4 nitrogen and oxygen atoms in total. The molecular weight excluding hydrogens is 380 g/mol. The van der Waals surface area contributed by atoms with E-state index in [0.29, 0.717) is 22.8 Å². The lowest BCUT2D eigenvalue weighted by Gasteiger charge is -2.22. The maximum atomic E-state index is 12.5. The molecular formula is C24H26N2O2S. The number of rotatable bonds is 5. The average molecular weight is 407 g/mol. The maximum absolute atomic E-state index is 12.5. The summed E-state index contributed by atoms with van der Waals surface area (Å²) in [6.07, 6.45) is 6.58. The Hall–Kier alpha value is -2.50. The lowest BCUT2D eigenvalue weighted by atomic mass is 9.84. The van der Waals surface area contributed by atoms with Gasteiger partial charge < -0.3 is 9.67 Å². The van der Waals surface area contributed by atoms with Gasteiger partial charge in [0.2, 0.25) is 0 Å². The summed E-state index contributed by atoms with van der Waals surface area (Å²) in [5.41, 5.74) is 4.05. The first-order chi connectivity index (χ1) is 14.3. The molecule has 0 aliphatic heterocycles. The molecule has 0 bridgehead atoms. The summed E-state index contributed by atoms with van der Waals surface area (Å²) in [5, 5.41) is 11.6. The molecule has 3 aromatic rings. The molecule has 29 heavy (non-hydrogen) atoms. The number of carbonyl (C=O) groups excluding carboxylic acids is 1. The van der Waals surface area contributed by atoms with Gasteiger partial charge in [0.05, 0.1) is 12.3 Å².